The number of hydrogen-bond donors (Lipinski definition) is 1. The topological polar surface area (TPSA) is 46.2 Å². The average Bonchev–Trinajstić information content (AvgIpc) is 2.66. The minimum atomic E-state index is -0.0721. The summed E-state index contributed by atoms with van der Waals surface area (Å²) >= 11 is 5.35. The summed E-state index contributed by atoms with van der Waals surface area (Å²) in [5, 5.41) is 13.6. The Morgan fingerprint density at radius 2 is 2.21 bits per heavy atom. The third-order valence-corrected chi connectivity index (χ3v) is 4.65. The van der Waals surface area contributed by atoms with Gasteiger partial charge in [-0.05, 0) is 38.0 Å². The second-order valence-electron chi connectivity index (χ2n) is 5.74. The normalized spacial score (nSPS) is 24.1. The van der Waals surface area contributed by atoms with E-state index in [-0.39, 0.29) is 6.61 Å². The largest absolute Gasteiger partial charge is 0.388 e. The van der Waals surface area contributed by atoms with Crippen molar-refractivity contribution in [1.82, 2.24) is 19.2 Å². The third kappa shape index (κ3) is 3.24. The Balaban J connectivity index is 2.06. The Labute approximate surface area is 119 Å². The van der Waals surface area contributed by atoms with E-state index in [0.717, 1.165) is 5.92 Å². The van der Waals surface area contributed by atoms with E-state index in [4.69, 9.17) is 12.2 Å². The van der Waals surface area contributed by atoms with Gasteiger partial charge in [-0.2, -0.15) is 5.10 Å². The summed E-state index contributed by atoms with van der Waals surface area (Å²) in [5.41, 5.74) is 0. The molecule has 19 heavy (non-hydrogen) atoms. The van der Waals surface area contributed by atoms with Gasteiger partial charge in [0.15, 0.2) is 10.6 Å². The molecule has 1 aromatic heterocycles. The van der Waals surface area contributed by atoms with Crippen molar-refractivity contribution in [2.75, 3.05) is 7.05 Å². The lowest BCUT2D eigenvalue weighted by molar-refractivity contribution is 0.125. The second kappa shape index (κ2) is 6.15. The third-order valence-electron chi connectivity index (χ3n) is 4.16. The molecule has 0 saturated heterocycles. The fourth-order valence-electron chi connectivity index (χ4n) is 2.89. The molecule has 0 amide bonds. The lowest BCUT2D eigenvalue weighted by atomic mass is 9.86. The van der Waals surface area contributed by atoms with Crippen LogP contribution in [0.3, 0.4) is 0 Å². The van der Waals surface area contributed by atoms with Gasteiger partial charge in [-0.15, -0.1) is 0 Å². The first-order chi connectivity index (χ1) is 9.02. The summed E-state index contributed by atoms with van der Waals surface area (Å²) in [7, 11) is 3.98. The molecule has 2 atom stereocenters. The van der Waals surface area contributed by atoms with Crippen LogP contribution in [0.5, 0.6) is 0 Å². The molecular formula is C13H24N4OS. The van der Waals surface area contributed by atoms with E-state index in [1.54, 1.807) is 9.25 Å². The summed E-state index contributed by atoms with van der Waals surface area (Å²) < 4.78 is 4.24. The van der Waals surface area contributed by atoms with Crippen LogP contribution in [0.4, 0.5) is 0 Å². The van der Waals surface area contributed by atoms with Gasteiger partial charge in [0, 0.05) is 13.1 Å². The molecule has 5 nitrogen and oxygen atoms in total. The van der Waals surface area contributed by atoms with Crippen molar-refractivity contribution in [3.05, 3.63) is 10.6 Å². The average molecular weight is 284 g/mol. The van der Waals surface area contributed by atoms with Crippen molar-refractivity contribution in [3.63, 3.8) is 0 Å². The van der Waals surface area contributed by atoms with Crippen LogP contribution in [0.1, 0.15) is 38.4 Å². The van der Waals surface area contributed by atoms with Gasteiger partial charge in [0.2, 0.25) is 0 Å². The highest BCUT2D eigenvalue weighted by Crippen LogP contribution is 2.26. The summed E-state index contributed by atoms with van der Waals surface area (Å²) in [4.78, 5) is 2.33. The molecule has 1 aromatic rings. The molecule has 1 heterocycles. The maximum absolute atomic E-state index is 9.22. The number of aliphatic hydroxyl groups excluding tert-OH is 1. The molecule has 1 aliphatic rings. The van der Waals surface area contributed by atoms with E-state index in [9.17, 15) is 5.11 Å². The molecule has 0 aliphatic heterocycles. The van der Waals surface area contributed by atoms with Gasteiger partial charge < -0.3 is 9.67 Å². The van der Waals surface area contributed by atoms with Crippen LogP contribution in [0.25, 0.3) is 0 Å². The SMILES string of the molecule is CC1CCCC(N(C)Cn2nc(CO)n(C)c2=S)C1. The van der Waals surface area contributed by atoms with E-state index in [2.05, 4.69) is 24.0 Å². The lowest BCUT2D eigenvalue weighted by Crippen LogP contribution is -2.37. The zero-order valence-corrected chi connectivity index (χ0v) is 12.9. The Bertz CT molecular complexity index is 481. The molecule has 0 radical (unpaired) electrons. The molecule has 6 heteroatoms. The molecule has 1 N–H and O–H groups in total. The van der Waals surface area contributed by atoms with Gasteiger partial charge in [-0.1, -0.05) is 19.8 Å². The summed E-state index contributed by atoms with van der Waals surface area (Å²) in [6.45, 7) is 2.96. The molecule has 0 spiro atoms. The quantitative estimate of drug-likeness (QED) is 0.858. The zero-order chi connectivity index (χ0) is 14.0. The predicted octanol–water partition coefficient (Wildman–Crippen LogP) is 1.91. The van der Waals surface area contributed by atoms with Crippen LogP contribution in [0, 0.1) is 10.7 Å². The number of aliphatic hydroxyl groups is 1. The van der Waals surface area contributed by atoms with E-state index >= 15 is 0 Å². The van der Waals surface area contributed by atoms with Gasteiger partial charge in [0.1, 0.15) is 6.61 Å². The molecule has 0 aromatic carbocycles. The maximum Gasteiger partial charge on any atom is 0.198 e. The van der Waals surface area contributed by atoms with Crippen LogP contribution in [-0.4, -0.2) is 37.4 Å². The van der Waals surface area contributed by atoms with Crippen LogP contribution in [0.2, 0.25) is 0 Å². The summed E-state index contributed by atoms with van der Waals surface area (Å²) in [5.74, 6) is 1.43. The molecule has 1 saturated carbocycles. The van der Waals surface area contributed by atoms with Gasteiger partial charge in [-0.25, -0.2) is 4.68 Å². The zero-order valence-electron chi connectivity index (χ0n) is 12.0. The van der Waals surface area contributed by atoms with Crippen molar-refractivity contribution in [2.45, 2.75) is 51.9 Å². The Morgan fingerprint density at radius 3 is 2.79 bits per heavy atom. The molecular weight excluding hydrogens is 260 g/mol. The first-order valence-electron chi connectivity index (χ1n) is 6.96. The van der Waals surface area contributed by atoms with E-state index < -0.39 is 0 Å². The molecule has 0 bridgehead atoms. The van der Waals surface area contributed by atoms with Gasteiger partial charge in [0.25, 0.3) is 0 Å². The highest BCUT2D eigenvalue weighted by Gasteiger charge is 2.23. The Morgan fingerprint density at radius 1 is 1.47 bits per heavy atom. The Kier molecular flexibility index (Phi) is 4.76. The van der Waals surface area contributed by atoms with Gasteiger partial charge in [0.05, 0.1) is 6.67 Å². The molecule has 1 aliphatic carbocycles. The predicted molar refractivity (Wildman–Crippen MR) is 77.1 cm³/mol. The van der Waals surface area contributed by atoms with E-state index in [1.165, 1.54) is 25.7 Å². The highest BCUT2D eigenvalue weighted by atomic mass is 32.1. The van der Waals surface area contributed by atoms with Crippen molar-refractivity contribution in [2.24, 2.45) is 13.0 Å². The lowest BCUT2D eigenvalue weighted by Gasteiger charge is -2.33. The maximum atomic E-state index is 9.22. The second-order valence-corrected chi connectivity index (χ2v) is 6.10. The highest BCUT2D eigenvalue weighted by molar-refractivity contribution is 7.71. The molecule has 108 valence electrons. The number of aromatic nitrogens is 3. The molecule has 2 unspecified atom stereocenters. The van der Waals surface area contributed by atoms with Crippen LogP contribution < -0.4 is 0 Å². The number of rotatable bonds is 4. The standard InChI is InChI=1S/C13H24N4OS/c1-10-5-4-6-11(7-10)15(2)9-17-13(19)16(3)12(8-18)14-17/h10-11,18H,4-9H2,1-3H3. The van der Waals surface area contributed by atoms with Crippen molar-refractivity contribution < 1.29 is 5.11 Å². The minimum absolute atomic E-state index is 0.0721. The van der Waals surface area contributed by atoms with E-state index in [0.29, 0.717) is 23.3 Å². The smallest absolute Gasteiger partial charge is 0.198 e. The first-order valence-corrected chi connectivity index (χ1v) is 7.37. The van der Waals surface area contributed by atoms with Crippen molar-refractivity contribution in [3.8, 4) is 0 Å². The fourth-order valence-corrected chi connectivity index (χ4v) is 3.10. The minimum Gasteiger partial charge on any atom is -0.388 e. The fraction of sp³-hybridized carbons (Fsp3) is 0.846. The Hall–Kier alpha value is -0.720. The van der Waals surface area contributed by atoms with Crippen LogP contribution in [0.15, 0.2) is 0 Å². The van der Waals surface area contributed by atoms with Crippen LogP contribution >= 0.6 is 12.2 Å². The number of nitrogens with zero attached hydrogens (tertiary/aromatic N) is 4. The van der Waals surface area contributed by atoms with Crippen molar-refractivity contribution >= 4 is 12.2 Å². The van der Waals surface area contributed by atoms with Gasteiger partial charge >= 0.3 is 0 Å². The van der Waals surface area contributed by atoms with Crippen LogP contribution in [-0.2, 0) is 20.3 Å². The van der Waals surface area contributed by atoms with Crippen molar-refractivity contribution in [1.29, 1.82) is 0 Å². The summed E-state index contributed by atoms with van der Waals surface area (Å²) in [6, 6.07) is 0.616. The van der Waals surface area contributed by atoms with E-state index in [1.807, 2.05) is 7.05 Å². The summed E-state index contributed by atoms with van der Waals surface area (Å²) in [6.07, 6.45) is 5.17. The van der Waals surface area contributed by atoms with Gasteiger partial charge in [-0.3, -0.25) is 4.90 Å². The first kappa shape index (κ1) is 14.7. The monoisotopic (exact) mass is 284 g/mol. The molecule has 2 rings (SSSR count). The molecule has 1 fully saturated rings. The number of hydrogen-bond acceptors (Lipinski definition) is 4.